The van der Waals surface area contributed by atoms with Gasteiger partial charge in [-0.25, -0.2) is 4.68 Å². The number of aromatic nitrogens is 2. The number of carbonyl (C=O) groups is 2. The van der Waals surface area contributed by atoms with Crippen LogP contribution in [0.4, 0.5) is 0 Å². The van der Waals surface area contributed by atoms with Crippen molar-refractivity contribution in [2.45, 2.75) is 27.2 Å². The molecule has 3 rings (SSSR count). The summed E-state index contributed by atoms with van der Waals surface area (Å²) in [4.78, 5) is 25.0. The minimum atomic E-state index is -0.517. The van der Waals surface area contributed by atoms with Crippen LogP contribution in [0.3, 0.4) is 0 Å². The van der Waals surface area contributed by atoms with Crippen LogP contribution in [0.1, 0.15) is 46.8 Å². The highest BCUT2D eigenvalue weighted by Crippen LogP contribution is 2.28. The highest BCUT2D eigenvalue weighted by Gasteiger charge is 2.16. The van der Waals surface area contributed by atoms with E-state index in [4.69, 9.17) is 9.47 Å². The van der Waals surface area contributed by atoms with E-state index in [9.17, 15) is 9.59 Å². The molecule has 32 heavy (non-hydrogen) atoms. The van der Waals surface area contributed by atoms with Crippen molar-refractivity contribution in [3.8, 4) is 17.2 Å². The van der Waals surface area contributed by atoms with Gasteiger partial charge in [0.15, 0.2) is 17.2 Å². The first-order valence-electron chi connectivity index (χ1n) is 10.4. The van der Waals surface area contributed by atoms with Gasteiger partial charge in [-0.15, -0.1) is 0 Å². The van der Waals surface area contributed by atoms with Crippen molar-refractivity contribution in [2.75, 3.05) is 13.7 Å². The Bertz CT molecular complexity index is 1080. The topological polar surface area (TPSA) is 94.5 Å². The second kappa shape index (κ2) is 10.5. The zero-order valence-corrected chi connectivity index (χ0v) is 18.7. The Kier molecular flexibility index (Phi) is 7.49. The Balaban J connectivity index is 1.62. The van der Waals surface area contributed by atoms with E-state index in [2.05, 4.69) is 29.8 Å². The van der Waals surface area contributed by atoms with Gasteiger partial charge >= 0.3 is 0 Å². The molecule has 1 aromatic heterocycles. The zero-order valence-electron chi connectivity index (χ0n) is 18.7. The van der Waals surface area contributed by atoms with Gasteiger partial charge in [-0.05, 0) is 55.7 Å². The summed E-state index contributed by atoms with van der Waals surface area (Å²) in [6, 6.07) is 16.0. The van der Waals surface area contributed by atoms with Crippen LogP contribution < -0.4 is 20.3 Å². The van der Waals surface area contributed by atoms with Crippen molar-refractivity contribution in [1.82, 2.24) is 20.6 Å². The molecule has 0 radical (unpaired) electrons. The molecule has 8 nitrogen and oxygen atoms in total. The quantitative estimate of drug-likeness (QED) is 0.525. The lowest BCUT2D eigenvalue weighted by molar-refractivity contribution is 0.0843. The minimum absolute atomic E-state index is 0.193. The number of hydrogen-bond acceptors (Lipinski definition) is 5. The Morgan fingerprint density at radius 2 is 1.72 bits per heavy atom. The first-order valence-corrected chi connectivity index (χ1v) is 10.4. The maximum absolute atomic E-state index is 12.5. The van der Waals surface area contributed by atoms with Gasteiger partial charge in [0, 0.05) is 11.3 Å². The molecule has 0 atom stereocenters. The van der Waals surface area contributed by atoms with Crippen molar-refractivity contribution >= 4 is 11.8 Å². The fraction of sp³-hybridized carbons (Fsp3) is 0.292. The van der Waals surface area contributed by atoms with Gasteiger partial charge in [-0.2, -0.15) is 5.10 Å². The first kappa shape index (κ1) is 22.9. The number of methoxy groups -OCH3 is 1. The van der Waals surface area contributed by atoms with E-state index in [1.807, 2.05) is 37.3 Å². The number of nitrogens with zero attached hydrogens (tertiary/aromatic N) is 2. The molecule has 0 saturated carbocycles. The van der Waals surface area contributed by atoms with Crippen molar-refractivity contribution in [2.24, 2.45) is 5.92 Å². The number of ether oxygens (including phenoxy) is 2. The van der Waals surface area contributed by atoms with Gasteiger partial charge in [-0.3, -0.25) is 20.4 Å². The maximum atomic E-state index is 12.5. The van der Waals surface area contributed by atoms with Crippen LogP contribution in [-0.4, -0.2) is 35.3 Å². The summed E-state index contributed by atoms with van der Waals surface area (Å²) in [5, 5.41) is 4.33. The molecule has 168 valence electrons. The summed E-state index contributed by atoms with van der Waals surface area (Å²) in [7, 11) is 1.51. The molecule has 0 unspecified atom stereocenters. The van der Waals surface area contributed by atoms with Crippen LogP contribution in [0.15, 0.2) is 54.6 Å². The molecule has 3 aromatic rings. The first-order chi connectivity index (χ1) is 15.4. The third kappa shape index (κ3) is 5.66. The lowest BCUT2D eigenvalue weighted by Gasteiger charge is -2.13. The number of benzene rings is 2. The van der Waals surface area contributed by atoms with Crippen molar-refractivity contribution in [3.63, 3.8) is 0 Å². The molecule has 2 amide bonds. The van der Waals surface area contributed by atoms with E-state index in [1.54, 1.807) is 28.9 Å². The van der Waals surface area contributed by atoms with Crippen molar-refractivity contribution in [3.05, 3.63) is 71.5 Å². The SMILES string of the molecule is COc1cc(C(=O)NNC(=O)c2cc(C)n(-c3ccccc3)n2)ccc1OCCC(C)C. The van der Waals surface area contributed by atoms with E-state index in [0.29, 0.717) is 29.6 Å². The van der Waals surface area contributed by atoms with Gasteiger partial charge in [0.1, 0.15) is 0 Å². The largest absolute Gasteiger partial charge is 0.493 e. The predicted octanol–water partition coefficient (Wildman–Crippen LogP) is 3.69. The molecule has 0 aliphatic rings. The second-order valence-corrected chi connectivity index (χ2v) is 7.72. The van der Waals surface area contributed by atoms with E-state index in [-0.39, 0.29) is 5.69 Å². The van der Waals surface area contributed by atoms with Crippen LogP contribution >= 0.6 is 0 Å². The lowest BCUT2D eigenvalue weighted by atomic mass is 10.1. The Morgan fingerprint density at radius 3 is 2.41 bits per heavy atom. The number of hydrogen-bond donors (Lipinski definition) is 2. The Hall–Kier alpha value is -3.81. The molecule has 0 saturated heterocycles. The number of carbonyl (C=O) groups excluding carboxylic acids is 2. The van der Waals surface area contributed by atoms with Crippen LogP contribution in [0, 0.1) is 12.8 Å². The van der Waals surface area contributed by atoms with Gasteiger partial charge < -0.3 is 9.47 Å². The molecule has 2 N–H and O–H groups in total. The average molecular weight is 437 g/mol. The summed E-state index contributed by atoms with van der Waals surface area (Å²) in [5.74, 6) is 0.541. The van der Waals surface area contributed by atoms with Crippen LogP contribution in [0.5, 0.6) is 11.5 Å². The number of nitrogens with one attached hydrogen (secondary N) is 2. The van der Waals surface area contributed by atoms with E-state index < -0.39 is 11.8 Å². The summed E-state index contributed by atoms with van der Waals surface area (Å²) in [5.41, 5.74) is 6.97. The van der Waals surface area contributed by atoms with Crippen LogP contribution in [0.2, 0.25) is 0 Å². The average Bonchev–Trinajstić information content (AvgIpc) is 3.19. The fourth-order valence-electron chi connectivity index (χ4n) is 3.00. The minimum Gasteiger partial charge on any atom is -0.493 e. The van der Waals surface area contributed by atoms with Crippen LogP contribution in [-0.2, 0) is 0 Å². The number of amides is 2. The van der Waals surface area contributed by atoms with Crippen molar-refractivity contribution in [1.29, 1.82) is 0 Å². The Labute approximate surface area is 187 Å². The van der Waals surface area contributed by atoms with Gasteiger partial charge in [0.25, 0.3) is 11.8 Å². The number of para-hydroxylation sites is 1. The number of rotatable bonds is 8. The van der Waals surface area contributed by atoms with Gasteiger partial charge in [-0.1, -0.05) is 32.0 Å². The third-order valence-electron chi connectivity index (χ3n) is 4.79. The summed E-state index contributed by atoms with van der Waals surface area (Å²) in [6.07, 6.45) is 0.914. The summed E-state index contributed by atoms with van der Waals surface area (Å²) in [6.45, 7) is 6.66. The molecule has 0 aliphatic heterocycles. The van der Waals surface area contributed by atoms with Crippen molar-refractivity contribution < 1.29 is 19.1 Å². The standard InChI is InChI=1S/C24H28N4O4/c1-16(2)12-13-32-21-11-10-18(15-22(21)31-4)23(29)25-26-24(30)20-14-17(3)28(27-20)19-8-6-5-7-9-19/h5-11,14-16H,12-13H2,1-4H3,(H,25,29)(H,26,30). The van der Waals surface area contributed by atoms with E-state index in [1.165, 1.54) is 7.11 Å². The highest BCUT2D eigenvalue weighted by molar-refractivity contribution is 5.98. The Morgan fingerprint density at radius 1 is 1.00 bits per heavy atom. The van der Waals surface area contributed by atoms with Gasteiger partial charge in [0.05, 0.1) is 19.4 Å². The lowest BCUT2D eigenvalue weighted by Crippen LogP contribution is -2.41. The molecular formula is C24H28N4O4. The molecule has 0 fully saturated rings. The molecule has 0 spiro atoms. The highest BCUT2D eigenvalue weighted by atomic mass is 16.5. The predicted molar refractivity (Wildman–Crippen MR) is 121 cm³/mol. The smallest absolute Gasteiger partial charge is 0.290 e. The van der Waals surface area contributed by atoms with E-state index in [0.717, 1.165) is 17.8 Å². The molecular weight excluding hydrogens is 408 g/mol. The zero-order chi connectivity index (χ0) is 23.1. The molecule has 0 bridgehead atoms. The summed E-state index contributed by atoms with van der Waals surface area (Å²) < 4.78 is 12.8. The monoisotopic (exact) mass is 436 g/mol. The normalized spacial score (nSPS) is 10.7. The summed E-state index contributed by atoms with van der Waals surface area (Å²) >= 11 is 0. The fourth-order valence-corrected chi connectivity index (χ4v) is 3.00. The molecule has 1 heterocycles. The molecule has 8 heteroatoms. The third-order valence-corrected chi connectivity index (χ3v) is 4.79. The number of hydrazine groups is 1. The number of aryl methyl sites for hydroxylation is 1. The van der Waals surface area contributed by atoms with E-state index >= 15 is 0 Å². The second-order valence-electron chi connectivity index (χ2n) is 7.72. The maximum Gasteiger partial charge on any atom is 0.290 e. The molecule has 0 aliphatic carbocycles. The van der Waals surface area contributed by atoms with Gasteiger partial charge in [0.2, 0.25) is 0 Å². The molecule has 2 aromatic carbocycles. The van der Waals surface area contributed by atoms with Crippen LogP contribution in [0.25, 0.3) is 5.69 Å².